The highest BCUT2D eigenvalue weighted by atomic mass is 16.2. The van der Waals surface area contributed by atoms with Gasteiger partial charge in [0, 0.05) is 13.1 Å². The van der Waals surface area contributed by atoms with Crippen LogP contribution in [0.25, 0.3) is 11.0 Å². The minimum Gasteiger partial charge on any atom is -0.338 e. The summed E-state index contributed by atoms with van der Waals surface area (Å²) in [4.78, 5) is 23.0. The van der Waals surface area contributed by atoms with E-state index in [0.717, 1.165) is 37.0 Å². The van der Waals surface area contributed by atoms with Crippen LogP contribution in [0.1, 0.15) is 45.4 Å². The van der Waals surface area contributed by atoms with Gasteiger partial charge in [-0.25, -0.2) is 19.4 Å². The van der Waals surface area contributed by atoms with Crippen molar-refractivity contribution in [1.82, 2.24) is 30.0 Å². The molecular weight excluding hydrogens is 330 g/mol. The van der Waals surface area contributed by atoms with Crippen LogP contribution in [0.4, 0.5) is 10.6 Å². The molecule has 0 atom stereocenters. The standard InChI is InChI=1S/C18H29N7O/c1-2-8-19-18(26)23-16-15-13-22-25(17(15)21-14-20-16)12-7-11-24-9-5-3-4-6-10-24/h13-14H,2-12H2,1H3,(H2,19,20,21,23,26). The number of hydrogen-bond acceptors (Lipinski definition) is 5. The monoisotopic (exact) mass is 359 g/mol. The van der Waals surface area contributed by atoms with Crippen molar-refractivity contribution in [3.8, 4) is 0 Å². The van der Waals surface area contributed by atoms with Crippen molar-refractivity contribution in [3.63, 3.8) is 0 Å². The van der Waals surface area contributed by atoms with E-state index in [9.17, 15) is 4.79 Å². The van der Waals surface area contributed by atoms with Crippen LogP contribution in [0.3, 0.4) is 0 Å². The van der Waals surface area contributed by atoms with Crippen molar-refractivity contribution in [2.24, 2.45) is 0 Å². The van der Waals surface area contributed by atoms with Gasteiger partial charge in [-0.2, -0.15) is 5.10 Å². The molecule has 3 rings (SSSR count). The fourth-order valence-electron chi connectivity index (χ4n) is 3.35. The van der Waals surface area contributed by atoms with E-state index in [2.05, 4.69) is 30.6 Å². The normalized spacial score (nSPS) is 15.7. The topological polar surface area (TPSA) is 88.0 Å². The van der Waals surface area contributed by atoms with E-state index >= 15 is 0 Å². The Balaban J connectivity index is 1.59. The Bertz CT molecular complexity index is 707. The van der Waals surface area contributed by atoms with Crippen molar-refractivity contribution in [1.29, 1.82) is 0 Å². The quantitative estimate of drug-likeness (QED) is 0.793. The lowest BCUT2D eigenvalue weighted by atomic mass is 10.2. The third kappa shape index (κ3) is 4.91. The van der Waals surface area contributed by atoms with Gasteiger partial charge in [-0.1, -0.05) is 19.8 Å². The molecule has 0 bridgehead atoms. The molecule has 3 heterocycles. The maximum Gasteiger partial charge on any atom is 0.320 e. The van der Waals surface area contributed by atoms with Crippen molar-refractivity contribution in [3.05, 3.63) is 12.5 Å². The zero-order valence-corrected chi connectivity index (χ0v) is 15.6. The van der Waals surface area contributed by atoms with Crippen molar-refractivity contribution < 1.29 is 4.79 Å². The van der Waals surface area contributed by atoms with Gasteiger partial charge in [0.2, 0.25) is 0 Å². The molecule has 2 N–H and O–H groups in total. The third-order valence-corrected chi connectivity index (χ3v) is 4.74. The lowest BCUT2D eigenvalue weighted by Gasteiger charge is -2.19. The van der Waals surface area contributed by atoms with Gasteiger partial charge in [-0.05, 0) is 45.3 Å². The van der Waals surface area contributed by atoms with Crippen LogP contribution in [0.15, 0.2) is 12.5 Å². The van der Waals surface area contributed by atoms with Gasteiger partial charge in [0.1, 0.15) is 12.1 Å². The van der Waals surface area contributed by atoms with Crippen LogP contribution in [0, 0.1) is 0 Å². The van der Waals surface area contributed by atoms with E-state index in [1.165, 1.54) is 45.1 Å². The van der Waals surface area contributed by atoms with Crippen LogP contribution in [-0.4, -0.2) is 56.9 Å². The highest BCUT2D eigenvalue weighted by Crippen LogP contribution is 2.19. The predicted octanol–water partition coefficient (Wildman–Crippen LogP) is 2.62. The molecule has 0 aliphatic carbocycles. The minimum atomic E-state index is -0.249. The fraction of sp³-hybridized carbons (Fsp3) is 0.667. The van der Waals surface area contributed by atoms with E-state index in [4.69, 9.17) is 0 Å². The molecule has 142 valence electrons. The number of aryl methyl sites for hydroxylation is 1. The first kappa shape index (κ1) is 18.6. The lowest BCUT2D eigenvalue weighted by molar-refractivity contribution is 0.252. The van der Waals surface area contributed by atoms with Gasteiger partial charge >= 0.3 is 6.03 Å². The fourth-order valence-corrected chi connectivity index (χ4v) is 3.35. The minimum absolute atomic E-state index is 0.249. The van der Waals surface area contributed by atoms with Crippen LogP contribution in [0.5, 0.6) is 0 Å². The van der Waals surface area contributed by atoms with Crippen LogP contribution in [0.2, 0.25) is 0 Å². The summed E-state index contributed by atoms with van der Waals surface area (Å²) in [5.41, 5.74) is 0.765. The van der Waals surface area contributed by atoms with Crippen LogP contribution >= 0.6 is 0 Å². The molecule has 1 aliphatic heterocycles. The number of aromatic nitrogens is 4. The Morgan fingerprint density at radius 1 is 1.15 bits per heavy atom. The first-order valence-corrected chi connectivity index (χ1v) is 9.71. The maximum absolute atomic E-state index is 11.9. The molecular formula is C18H29N7O. The maximum atomic E-state index is 11.9. The van der Waals surface area contributed by atoms with E-state index in [1.54, 1.807) is 6.20 Å². The zero-order valence-electron chi connectivity index (χ0n) is 15.6. The summed E-state index contributed by atoms with van der Waals surface area (Å²) in [6, 6.07) is -0.249. The lowest BCUT2D eigenvalue weighted by Crippen LogP contribution is -2.29. The Morgan fingerprint density at radius 2 is 1.96 bits per heavy atom. The second-order valence-corrected chi connectivity index (χ2v) is 6.82. The number of fused-ring (bicyclic) bond motifs is 1. The zero-order chi connectivity index (χ0) is 18.2. The Kier molecular flexibility index (Phi) is 6.76. The van der Waals surface area contributed by atoms with Gasteiger partial charge in [0.05, 0.1) is 11.6 Å². The Hall–Kier alpha value is -2.22. The molecule has 2 aromatic heterocycles. The molecule has 8 heteroatoms. The smallest absolute Gasteiger partial charge is 0.320 e. The van der Waals surface area contributed by atoms with Crippen LogP contribution < -0.4 is 10.6 Å². The van der Waals surface area contributed by atoms with E-state index in [1.807, 2.05) is 11.6 Å². The number of amides is 2. The van der Waals surface area contributed by atoms with Gasteiger partial charge in [0.25, 0.3) is 0 Å². The molecule has 1 aliphatic rings. The number of urea groups is 1. The van der Waals surface area contributed by atoms with Crippen LogP contribution in [-0.2, 0) is 6.54 Å². The third-order valence-electron chi connectivity index (χ3n) is 4.74. The first-order valence-electron chi connectivity index (χ1n) is 9.71. The largest absolute Gasteiger partial charge is 0.338 e. The van der Waals surface area contributed by atoms with Gasteiger partial charge in [-0.3, -0.25) is 5.32 Å². The summed E-state index contributed by atoms with van der Waals surface area (Å²) in [6.07, 6.45) is 10.5. The molecule has 8 nitrogen and oxygen atoms in total. The summed E-state index contributed by atoms with van der Waals surface area (Å²) in [7, 11) is 0. The van der Waals surface area contributed by atoms with Crippen molar-refractivity contribution in [2.45, 2.75) is 52.0 Å². The average molecular weight is 359 g/mol. The molecule has 0 spiro atoms. The predicted molar refractivity (Wildman–Crippen MR) is 102 cm³/mol. The number of carbonyl (C=O) groups excluding carboxylic acids is 1. The number of nitrogens with zero attached hydrogens (tertiary/aromatic N) is 5. The molecule has 0 saturated carbocycles. The number of hydrogen-bond donors (Lipinski definition) is 2. The van der Waals surface area contributed by atoms with E-state index in [0.29, 0.717) is 12.4 Å². The van der Waals surface area contributed by atoms with Crippen molar-refractivity contribution >= 4 is 22.9 Å². The summed E-state index contributed by atoms with van der Waals surface area (Å²) in [6.45, 7) is 6.98. The summed E-state index contributed by atoms with van der Waals surface area (Å²) < 4.78 is 1.91. The summed E-state index contributed by atoms with van der Waals surface area (Å²) in [5.74, 6) is 0.502. The molecule has 2 amide bonds. The molecule has 26 heavy (non-hydrogen) atoms. The molecule has 1 saturated heterocycles. The Morgan fingerprint density at radius 3 is 2.73 bits per heavy atom. The molecule has 0 aromatic carbocycles. The van der Waals surface area contributed by atoms with E-state index < -0.39 is 0 Å². The van der Waals surface area contributed by atoms with Gasteiger partial charge in [-0.15, -0.1) is 0 Å². The highest BCUT2D eigenvalue weighted by Gasteiger charge is 2.13. The number of carbonyl (C=O) groups is 1. The highest BCUT2D eigenvalue weighted by molar-refractivity contribution is 5.97. The average Bonchev–Trinajstić information content (AvgIpc) is 2.88. The summed E-state index contributed by atoms with van der Waals surface area (Å²) in [5, 5.41) is 10.8. The second kappa shape index (κ2) is 9.47. The number of nitrogens with one attached hydrogen (secondary N) is 2. The second-order valence-electron chi connectivity index (χ2n) is 6.82. The first-order chi connectivity index (χ1) is 12.8. The molecule has 0 unspecified atom stereocenters. The van der Waals surface area contributed by atoms with Crippen molar-refractivity contribution in [2.75, 3.05) is 31.5 Å². The number of anilines is 1. The summed E-state index contributed by atoms with van der Waals surface area (Å²) >= 11 is 0. The number of rotatable bonds is 7. The van der Waals surface area contributed by atoms with Gasteiger partial charge in [0.15, 0.2) is 5.65 Å². The SMILES string of the molecule is CCCNC(=O)Nc1ncnc2c1cnn2CCCN1CCCCCC1. The van der Waals surface area contributed by atoms with E-state index in [-0.39, 0.29) is 6.03 Å². The number of likely N-dealkylation sites (tertiary alicyclic amines) is 1. The molecule has 0 radical (unpaired) electrons. The Labute approximate surface area is 154 Å². The van der Waals surface area contributed by atoms with Gasteiger partial charge < -0.3 is 10.2 Å². The molecule has 2 aromatic rings. The molecule has 1 fully saturated rings.